The Bertz CT molecular complexity index is 1070. The molecule has 5 nitrogen and oxygen atoms in total. The van der Waals surface area contributed by atoms with E-state index in [4.69, 9.17) is 4.74 Å². The van der Waals surface area contributed by atoms with Crippen LogP contribution in [0.1, 0.15) is 23.2 Å². The number of hydrogen-bond acceptors (Lipinski definition) is 5. The van der Waals surface area contributed by atoms with Crippen LogP contribution in [-0.4, -0.2) is 13.4 Å². The summed E-state index contributed by atoms with van der Waals surface area (Å²) in [7, 11) is -3.61. The van der Waals surface area contributed by atoms with Gasteiger partial charge in [-0.05, 0) is 42.2 Å². The van der Waals surface area contributed by atoms with Crippen molar-refractivity contribution in [3.8, 4) is 5.75 Å². The summed E-state index contributed by atoms with van der Waals surface area (Å²) in [6.45, 7) is 0.349. The van der Waals surface area contributed by atoms with Gasteiger partial charge in [0.25, 0.3) is 10.0 Å². The van der Waals surface area contributed by atoms with Crippen molar-refractivity contribution in [3.05, 3.63) is 81.1 Å². The van der Waals surface area contributed by atoms with Crippen LogP contribution in [0.15, 0.2) is 64.3 Å². The molecule has 138 valence electrons. The van der Waals surface area contributed by atoms with Crippen molar-refractivity contribution >= 4 is 33.1 Å². The van der Waals surface area contributed by atoms with Gasteiger partial charge in [0.15, 0.2) is 0 Å². The second-order valence-corrected chi connectivity index (χ2v) is 8.67. The zero-order valence-electron chi connectivity index (χ0n) is 14.5. The van der Waals surface area contributed by atoms with Crippen LogP contribution in [0, 0.1) is 0 Å². The van der Waals surface area contributed by atoms with E-state index in [2.05, 4.69) is 9.71 Å². The molecule has 0 saturated carbocycles. The third-order valence-corrected chi connectivity index (χ3v) is 6.47. The average Bonchev–Trinajstić information content (AvgIpc) is 3.19. The zero-order valence-corrected chi connectivity index (χ0v) is 16.1. The Kier molecular flexibility index (Phi) is 4.96. The number of benzene rings is 2. The van der Waals surface area contributed by atoms with Gasteiger partial charge in [0, 0.05) is 11.4 Å². The lowest BCUT2D eigenvalue weighted by molar-refractivity contribution is 0.302. The largest absolute Gasteiger partial charge is 0.487 e. The number of hydrogen-bond donors (Lipinski definition) is 1. The summed E-state index contributed by atoms with van der Waals surface area (Å²) in [6, 6.07) is 14.8. The van der Waals surface area contributed by atoms with E-state index in [1.165, 1.54) is 16.9 Å². The maximum Gasteiger partial charge on any atom is 0.258 e. The highest BCUT2D eigenvalue weighted by atomic mass is 32.2. The lowest BCUT2D eigenvalue weighted by Crippen LogP contribution is -2.17. The number of anilines is 1. The Hall–Kier alpha value is -2.64. The summed E-state index contributed by atoms with van der Waals surface area (Å²) in [5.41, 5.74) is 5.21. The average molecular weight is 399 g/mol. The Labute approximate surface area is 162 Å². The van der Waals surface area contributed by atoms with E-state index < -0.39 is 10.0 Å². The second-order valence-electron chi connectivity index (χ2n) is 6.21. The first-order chi connectivity index (χ1) is 13.1. The van der Waals surface area contributed by atoms with Crippen LogP contribution in [0.3, 0.4) is 0 Å². The molecule has 3 aromatic rings. The number of nitrogens with zero attached hydrogens (tertiary/aromatic N) is 1. The van der Waals surface area contributed by atoms with Crippen molar-refractivity contribution < 1.29 is 13.2 Å². The van der Waals surface area contributed by atoms with Crippen molar-refractivity contribution in [3.63, 3.8) is 0 Å². The minimum Gasteiger partial charge on any atom is -0.487 e. The van der Waals surface area contributed by atoms with Crippen LogP contribution in [0.5, 0.6) is 5.75 Å². The van der Waals surface area contributed by atoms with Crippen LogP contribution in [0.25, 0.3) is 6.08 Å². The normalized spacial score (nSPS) is 13.6. The summed E-state index contributed by atoms with van der Waals surface area (Å²) in [5, 5.41) is 1.92. The fourth-order valence-electron chi connectivity index (χ4n) is 2.95. The maximum atomic E-state index is 12.8. The highest BCUT2D eigenvalue weighted by molar-refractivity contribution is 7.96. The van der Waals surface area contributed by atoms with E-state index in [0.29, 0.717) is 29.4 Å². The molecule has 0 spiro atoms. The van der Waals surface area contributed by atoms with E-state index in [-0.39, 0.29) is 0 Å². The zero-order chi connectivity index (χ0) is 18.7. The van der Waals surface area contributed by atoms with Crippen LogP contribution in [-0.2, 0) is 23.1 Å². The molecule has 0 aliphatic heterocycles. The fourth-order valence-corrected chi connectivity index (χ4v) is 4.72. The Morgan fingerprint density at radius 2 is 2.00 bits per heavy atom. The van der Waals surface area contributed by atoms with Gasteiger partial charge in [-0.2, -0.15) is 0 Å². The highest BCUT2D eigenvalue weighted by Gasteiger charge is 2.21. The molecule has 0 radical (unpaired) electrons. The molecule has 0 amide bonds. The van der Waals surface area contributed by atoms with E-state index >= 15 is 0 Å². The number of nitrogens with one attached hydrogen (secondary N) is 1. The van der Waals surface area contributed by atoms with Crippen molar-refractivity contribution in [2.75, 3.05) is 4.72 Å². The molecule has 2 aromatic carbocycles. The second kappa shape index (κ2) is 7.54. The number of ether oxygens (including phenoxy) is 1. The number of thiazole rings is 1. The molecule has 1 aliphatic carbocycles. The quantitative estimate of drug-likeness (QED) is 0.666. The lowest BCUT2D eigenvalue weighted by Gasteiger charge is -2.17. The predicted octanol–water partition coefficient (Wildman–Crippen LogP) is 4.45. The van der Waals surface area contributed by atoms with Crippen molar-refractivity contribution in [2.24, 2.45) is 0 Å². The molecule has 1 aliphatic rings. The molecule has 1 N–H and O–H groups in total. The number of aromatic nitrogens is 1. The van der Waals surface area contributed by atoms with Gasteiger partial charge in [-0.15, -0.1) is 11.3 Å². The standard InChI is InChI=1S/C20H18N2O3S2/c23-27(24,20-9-8-15-4-1-2-5-16(15)10-20)22-17-6-3-7-19(11-17)25-12-18-13-26-14-21-18/h1-7,10-11,13-14,22H,8-9,12H2. The molecule has 1 heterocycles. The third-order valence-electron chi connectivity index (χ3n) is 4.31. The summed E-state index contributed by atoms with van der Waals surface area (Å²) < 4.78 is 33.9. The smallest absolute Gasteiger partial charge is 0.258 e. The van der Waals surface area contributed by atoms with E-state index in [0.717, 1.165) is 17.7 Å². The van der Waals surface area contributed by atoms with E-state index in [1.54, 1.807) is 35.9 Å². The highest BCUT2D eigenvalue weighted by Crippen LogP contribution is 2.29. The van der Waals surface area contributed by atoms with Crippen LogP contribution >= 0.6 is 11.3 Å². The Morgan fingerprint density at radius 3 is 2.85 bits per heavy atom. The van der Waals surface area contributed by atoms with Crippen molar-refractivity contribution in [2.45, 2.75) is 19.4 Å². The minimum absolute atomic E-state index is 0.349. The molecule has 0 fully saturated rings. The van der Waals surface area contributed by atoms with Crippen LogP contribution in [0.2, 0.25) is 0 Å². The number of fused-ring (bicyclic) bond motifs is 1. The van der Waals surface area contributed by atoms with Gasteiger partial charge in [-0.25, -0.2) is 13.4 Å². The first-order valence-electron chi connectivity index (χ1n) is 8.51. The maximum absolute atomic E-state index is 12.8. The Balaban J connectivity index is 1.50. The van der Waals surface area contributed by atoms with Gasteiger partial charge in [-0.3, -0.25) is 4.72 Å². The minimum atomic E-state index is -3.61. The summed E-state index contributed by atoms with van der Waals surface area (Å²) in [5.74, 6) is 0.589. The SMILES string of the molecule is O=S(=O)(Nc1cccc(OCc2cscn2)c1)C1=Cc2ccccc2CC1. The third kappa shape index (κ3) is 4.20. The van der Waals surface area contributed by atoms with Crippen molar-refractivity contribution in [1.29, 1.82) is 0 Å². The van der Waals surface area contributed by atoms with E-state index in [1.807, 2.05) is 29.6 Å². The summed E-state index contributed by atoms with van der Waals surface area (Å²) >= 11 is 1.51. The van der Waals surface area contributed by atoms with Gasteiger partial charge in [0.1, 0.15) is 12.4 Å². The van der Waals surface area contributed by atoms with Gasteiger partial charge >= 0.3 is 0 Å². The fraction of sp³-hybridized carbons (Fsp3) is 0.150. The first kappa shape index (κ1) is 17.8. The Morgan fingerprint density at radius 1 is 1.11 bits per heavy atom. The molecule has 0 bridgehead atoms. The molecule has 4 rings (SSSR count). The number of rotatable bonds is 6. The molecule has 1 aromatic heterocycles. The van der Waals surface area contributed by atoms with Crippen LogP contribution < -0.4 is 9.46 Å². The van der Waals surface area contributed by atoms with Gasteiger partial charge in [0.2, 0.25) is 0 Å². The number of aryl methyl sites for hydroxylation is 1. The number of sulfonamides is 1. The van der Waals surface area contributed by atoms with Crippen LogP contribution in [0.4, 0.5) is 5.69 Å². The van der Waals surface area contributed by atoms with E-state index in [9.17, 15) is 8.42 Å². The molecule has 0 unspecified atom stereocenters. The number of allylic oxidation sites excluding steroid dienone is 1. The lowest BCUT2D eigenvalue weighted by atomic mass is 9.98. The molecule has 0 saturated heterocycles. The monoisotopic (exact) mass is 398 g/mol. The molecular weight excluding hydrogens is 380 g/mol. The predicted molar refractivity (Wildman–Crippen MR) is 108 cm³/mol. The van der Waals surface area contributed by atoms with Gasteiger partial charge in [0.05, 0.1) is 21.8 Å². The van der Waals surface area contributed by atoms with Crippen molar-refractivity contribution in [1.82, 2.24) is 4.98 Å². The molecule has 0 atom stereocenters. The first-order valence-corrected chi connectivity index (χ1v) is 10.9. The molecular formula is C20H18N2O3S2. The molecule has 27 heavy (non-hydrogen) atoms. The summed E-state index contributed by atoms with van der Waals surface area (Å²) in [4.78, 5) is 4.57. The van der Waals surface area contributed by atoms with Gasteiger partial charge in [-0.1, -0.05) is 30.3 Å². The van der Waals surface area contributed by atoms with Gasteiger partial charge < -0.3 is 4.74 Å². The molecule has 7 heteroatoms. The topological polar surface area (TPSA) is 68.3 Å². The summed E-state index contributed by atoms with van der Waals surface area (Å²) in [6.07, 6.45) is 2.97.